The van der Waals surface area contributed by atoms with Crippen molar-refractivity contribution in [2.45, 2.75) is 108 Å². The summed E-state index contributed by atoms with van der Waals surface area (Å²) in [6.07, 6.45) is 5.94. The monoisotopic (exact) mass is 635 g/mol. The van der Waals surface area contributed by atoms with Crippen molar-refractivity contribution in [3.05, 3.63) is 29.4 Å². The summed E-state index contributed by atoms with van der Waals surface area (Å²) in [5.41, 5.74) is 0.114. The number of likely N-dealkylation sites (N-methyl/N-ethyl adjacent to an activating group) is 1. The number of alkyl carbamates (subject to hydrolysis) is 1. The van der Waals surface area contributed by atoms with Crippen molar-refractivity contribution in [2.75, 3.05) is 25.5 Å². The fraction of sp³-hybridized carbons (Fsp3) is 0.633. The maximum absolute atomic E-state index is 13.5. The zero-order chi connectivity index (χ0) is 31.4. The highest BCUT2D eigenvalue weighted by Crippen LogP contribution is 2.40. The summed E-state index contributed by atoms with van der Waals surface area (Å²) in [5.74, 6) is 0.222. The second-order valence-electron chi connectivity index (χ2n) is 12.8. The van der Waals surface area contributed by atoms with Crippen molar-refractivity contribution in [3.8, 4) is 10.4 Å². The maximum Gasteiger partial charge on any atom is 0.411 e. The van der Waals surface area contributed by atoms with Crippen molar-refractivity contribution < 1.29 is 27.5 Å². The zero-order valence-electron chi connectivity index (χ0n) is 25.9. The first-order valence-corrected chi connectivity index (χ1v) is 17.3. The van der Waals surface area contributed by atoms with Gasteiger partial charge in [0.05, 0.1) is 20.9 Å². The molecule has 1 aliphatic carbocycles. The molecule has 1 saturated heterocycles. The lowest BCUT2D eigenvalue weighted by Gasteiger charge is -2.28. The summed E-state index contributed by atoms with van der Waals surface area (Å²) >= 11 is 1.47. The van der Waals surface area contributed by atoms with E-state index in [0.717, 1.165) is 55.0 Å². The number of carbonyl (C=O) groups excluding carboxylic acids is 2. The second-order valence-corrected chi connectivity index (χ2v) is 15.5. The number of amides is 2. The van der Waals surface area contributed by atoms with Gasteiger partial charge >= 0.3 is 12.2 Å². The number of benzene rings is 1. The van der Waals surface area contributed by atoms with Gasteiger partial charge in [-0.2, -0.15) is 0 Å². The number of aromatic nitrogens is 1. The molecule has 2 aromatic rings. The number of ether oxygens (including phenoxy) is 2. The van der Waals surface area contributed by atoms with Gasteiger partial charge in [-0.25, -0.2) is 27.7 Å². The van der Waals surface area contributed by atoms with Gasteiger partial charge in [0.25, 0.3) is 0 Å². The molecule has 2 heterocycles. The molecule has 1 atom stereocenters. The van der Waals surface area contributed by atoms with E-state index in [4.69, 9.17) is 9.47 Å². The van der Waals surface area contributed by atoms with Crippen LogP contribution in [-0.2, 0) is 19.5 Å². The van der Waals surface area contributed by atoms with Gasteiger partial charge < -0.3 is 19.7 Å². The SMILES string of the molecule is CC(C)OC(=O)Nc1ccc(-c2cnc([C@H]3CC[C@H](NC(=O)OC[C@@H]4CCCN4C)CC3)s2)c(S(=O)(=O)NC(C)(C)C)c1. The summed E-state index contributed by atoms with van der Waals surface area (Å²) < 4.78 is 40.4. The van der Waals surface area contributed by atoms with Crippen LogP contribution in [0.1, 0.15) is 84.1 Å². The topological polar surface area (TPSA) is 139 Å². The van der Waals surface area contributed by atoms with E-state index in [9.17, 15) is 18.0 Å². The number of likely N-dealkylation sites (tertiary alicyclic amines) is 1. The molecule has 1 saturated carbocycles. The van der Waals surface area contributed by atoms with Gasteiger partial charge in [-0.1, -0.05) is 6.07 Å². The Morgan fingerprint density at radius 2 is 1.84 bits per heavy atom. The van der Waals surface area contributed by atoms with Crippen LogP contribution in [-0.4, -0.2) is 74.4 Å². The van der Waals surface area contributed by atoms with Gasteiger partial charge in [-0.3, -0.25) is 5.32 Å². The van der Waals surface area contributed by atoms with Gasteiger partial charge in [0.2, 0.25) is 10.0 Å². The van der Waals surface area contributed by atoms with Crippen LogP contribution in [0.4, 0.5) is 15.3 Å². The number of nitrogens with zero attached hydrogens (tertiary/aromatic N) is 2. The second kappa shape index (κ2) is 13.9. The van der Waals surface area contributed by atoms with Crippen LogP contribution in [0, 0.1) is 0 Å². The Kier molecular flexibility index (Phi) is 10.7. The molecule has 2 fully saturated rings. The minimum Gasteiger partial charge on any atom is -0.448 e. The van der Waals surface area contributed by atoms with Crippen molar-refractivity contribution in [3.63, 3.8) is 0 Å². The van der Waals surface area contributed by atoms with Crippen LogP contribution in [0.3, 0.4) is 0 Å². The molecule has 1 aliphatic heterocycles. The molecule has 43 heavy (non-hydrogen) atoms. The summed E-state index contributed by atoms with van der Waals surface area (Å²) in [7, 11) is -1.88. The minimum atomic E-state index is -3.94. The highest BCUT2D eigenvalue weighted by atomic mass is 32.2. The van der Waals surface area contributed by atoms with E-state index < -0.39 is 21.7 Å². The number of anilines is 1. The van der Waals surface area contributed by atoms with Gasteiger partial charge in [-0.15, -0.1) is 11.3 Å². The largest absolute Gasteiger partial charge is 0.448 e. The average molecular weight is 636 g/mol. The molecule has 0 radical (unpaired) electrons. The molecule has 238 valence electrons. The van der Waals surface area contributed by atoms with Crippen molar-refractivity contribution in [2.24, 2.45) is 0 Å². The summed E-state index contributed by atoms with van der Waals surface area (Å²) in [6.45, 7) is 10.3. The van der Waals surface area contributed by atoms with E-state index in [0.29, 0.717) is 23.9 Å². The van der Waals surface area contributed by atoms with Gasteiger partial charge in [0.15, 0.2) is 0 Å². The number of hydrogen-bond acceptors (Lipinski definition) is 9. The fourth-order valence-corrected chi connectivity index (χ4v) is 8.36. The van der Waals surface area contributed by atoms with Crippen molar-refractivity contribution in [1.29, 1.82) is 0 Å². The Hall–Kier alpha value is -2.74. The molecular formula is C30H45N5O6S2. The van der Waals surface area contributed by atoms with Crippen LogP contribution < -0.4 is 15.4 Å². The number of rotatable bonds is 9. The average Bonchev–Trinajstić information content (AvgIpc) is 3.55. The Morgan fingerprint density at radius 3 is 2.47 bits per heavy atom. The van der Waals surface area contributed by atoms with Crippen molar-refractivity contribution in [1.82, 2.24) is 19.9 Å². The highest BCUT2D eigenvalue weighted by molar-refractivity contribution is 7.89. The number of sulfonamides is 1. The molecular weight excluding hydrogens is 590 g/mol. The third kappa shape index (κ3) is 9.37. The van der Waals surface area contributed by atoms with Crippen molar-refractivity contribution >= 4 is 39.2 Å². The highest BCUT2D eigenvalue weighted by Gasteiger charge is 2.30. The molecule has 4 rings (SSSR count). The molecule has 0 bridgehead atoms. The molecule has 13 heteroatoms. The summed E-state index contributed by atoms with van der Waals surface area (Å²) in [5, 5.41) is 6.58. The zero-order valence-corrected chi connectivity index (χ0v) is 27.6. The van der Waals surface area contributed by atoms with E-state index in [1.165, 1.54) is 17.4 Å². The van der Waals surface area contributed by atoms with Crippen LogP contribution in [0.2, 0.25) is 0 Å². The summed E-state index contributed by atoms with van der Waals surface area (Å²) in [4.78, 5) is 32.2. The Balaban J connectivity index is 1.43. The smallest absolute Gasteiger partial charge is 0.411 e. The number of thiazole rings is 1. The molecule has 1 aromatic heterocycles. The fourth-order valence-electron chi connectivity index (χ4n) is 5.50. The molecule has 2 amide bonds. The molecule has 1 aromatic carbocycles. The van der Waals surface area contributed by atoms with Gasteiger partial charge in [0.1, 0.15) is 6.61 Å². The predicted molar refractivity (Wildman–Crippen MR) is 168 cm³/mol. The van der Waals surface area contributed by atoms with Crippen LogP contribution >= 0.6 is 11.3 Å². The molecule has 2 aliphatic rings. The molecule has 11 nitrogen and oxygen atoms in total. The van der Waals surface area contributed by atoms with Gasteiger partial charge in [-0.05, 0) is 98.9 Å². The minimum absolute atomic E-state index is 0.0511. The van der Waals surface area contributed by atoms with Crippen LogP contribution in [0.25, 0.3) is 10.4 Å². The standard InChI is InChI=1S/C30H45N5O6S2/c1-19(2)41-29(37)33-22-13-14-24(26(16-22)43(38,39)34-30(3,4)5)25-17-31-27(42-25)20-9-11-21(12-10-20)32-28(36)40-18-23-8-7-15-35(23)6/h13-14,16-17,19-21,23,34H,7-12,15,18H2,1-6H3,(H,32,36)(H,33,37)/t20-,21-,23-/m0/s1. The lowest BCUT2D eigenvalue weighted by atomic mass is 9.86. The summed E-state index contributed by atoms with van der Waals surface area (Å²) in [6, 6.07) is 5.16. The Bertz CT molecular complexity index is 1380. The predicted octanol–water partition coefficient (Wildman–Crippen LogP) is 5.69. The first kappa shape index (κ1) is 33.2. The molecule has 3 N–H and O–H groups in total. The molecule has 0 unspecified atom stereocenters. The number of carbonyl (C=O) groups is 2. The maximum atomic E-state index is 13.5. The lowest BCUT2D eigenvalue weighted by Crippen LogP contribution is -2.40. The number of nitrogens with one attached hydrogen (secondary N) is 3. The van der Waals surface area contributed by atoms with E-state index in [1.807, 2.05) is 0 Å². The Labute approximate surface area is 259 Å². The lowest BCUT2D eigenvalue weighted by molar-refractivity contribution is 0.110. The Morgan fingerprint density at radius 1 is 1.12 bits per heavy atom. The first-order chi connectivity index (χ1) is 20.2. The first-order valence-electron chi connectivity index (χ1n) is 15.0. The van der Waals surface area contributed by atoms with Crippen LogP contribution in [0.15, 0.2) is 29.3 Å². The third-order valence-electron chi connectivity index (χ3n) is 7.57. The van der Waals surface area contributed by atoms with E-state index >= 15 is 0 Å². The van der Waals surface area contributed by atoms with E-state index in [2.05, 4.69) is 32.3 Å². The van der Waals surface area contributed by atoms with Crippen LogP contribution in [0.5, 0.6) is 0 Å². The van der Waals surface area contributed by atoms with Gasteiger partial charge in [0, 0.05) is 41.0 Å². The van der Waals surface area contributed by atoms with E-state index in [1.54, 1.807) is 52.9 Å². The molecule has 0 spiro atoms. The number of hydrogen-bond donors (Lipinski definition) is 3. The quantitative estimate of drug-likeness (QED) is 0.319. The normalized spacial score (nSPS) is 21.5. The van der Waals surface area contributed by atoms with E-state index in [-0.39, 0.29) is 29.1 Å². The third-order valence-corrected chi connectivity index (χ3v) is 10.6.